The lowest BCUT2D eigenvalue weighted by Gasteiger charge is -2.37. The topological polar surface area (TPSA) is 80.9 Å². The van der Waals surface area contributed by atoms with Crippen LogP contribution in [0.3, 0.4) is 0 Å². The van der Waals surface area contributed by atoms with Crippen LogP contribution >= 0.6 is 27.5 Å². The van der Waals surface area contributed by atoms with Gasteiger partial charge in [-0.15, -0.1) is 5.10 Å². The number of aromatic nitrogens is 4. The molecule has 1 aliphatic carbocycles. The Morgan fingerprint density at radius 1 is 1.48 bits per heavy atom. The molecule has 1 N–H and O–H groups in total. The molecule has 0 spiro atoms. The summed E-state index contributed by atoms with van der Waals surface area (Å²) in [6.45, 7) is 0.283. The fourth-order valence-corrected chi connectivity index (χ4v) is 2.98. The van der Waals surface area contributed by atoms with E-state index in [1.807, 2.05) is 12.1 Å². The van der Waals surface area contributed by atoms with Crippen molar-refractivity contribution in [1.29, 1.82) is 0 Å². The van der Waals surface area contributed by atoms with Crippen molar-refractivity contribution in [2.45, 2.75) is 25.8 Å². The number of nitrogens with zero attached hydrogens (tertiary/aromatic N) is 4. The third-order valence-corrected chi connectivity index (χ3v) is 5.14. The SMILES string of the molecule is O=C(O)C1(Cn2nnnc2-c2ccc(Cl)c(Br)c2)CCC1. The van der Waals surface area contributed by atoms with Crippen molar-refractivity contribution < 1.29 is 9.90 Å². The summed E-state index contributed by atoms with van der Waals surface area (Å²) in [4.78, 5) is 11.5. The summed E-state index contributed by atoms with van der Waals surface area (Å²) in [5.74, 6) is -0.243. The molecule has 6 nitrogen and oxygen atoms in total. The number of hydrogen-bond acceptors (Lipinski definition) is 4. The molecule has 110 valence electrons. The van der Waals surface area contributed by atoms with Gasteiger partial charge in [0.25, 0.3) is 0 Å². The molecule has 0 bridgehead atoms. The first-order valence-corrected chi connectivity index (χ1v) is 7.64. The molecule has 2 aromatic rings. The van der Waals surface area contributed by atoms with Gasteiger partial charge in [-0.05, 0) is 57.4 Å². The monoisotopic (exact) mass is 370 g/mol. The Bertz CT molecular complexity index is 699. The summed E-state index contributed by atoms with van der Waals surface area (Å²) in [5.41, 5.74) is 0.0458. The van der Waals surface area contributed by atoms with Crippen LogP contribution in [0.15, 0.2) is 22.7 Å². The third kappa shape index (κ3) is 2.55. The van der Waals surface area contributed by atoms with Gasteiger partial charge < -0.3 is 5.11 Å². The van der Waals surface area contributed by atoms with Crippen molar-refractivity contribution in [3.05, 3.63) is 27.7 Å². The van der Waals surface area contributed by atoms with Gasteiger partial charge in [0, 0.05) is 10.0 Å². The average molecular weight is 372 g/mol. The maximum atomic E-state index is 11.5. The van der Waals surface area contributed by atoms with Crippen molar-refractivity contribution in [2.24, 2.45) is 5.41 Å². The maximum absolute atomic E-state index is 11.5. The van der Waals surface area contributed by atoms with E-state index in [4.69, 9.17) is 11.6 Å². The van der Waals surface area contributed by atoms with Crippen LogP contribution in [0.1, 0.15) is 19.3 Å². The van der Waals surface area contributed by atoms with E-state index in [1.54, 1.807) is 10.7 Å². The molecule has 1 heterocycles. The Hall–Kier alpha value is -1.47. The molecule has 0 aliphatic heterocycles. The lowest BCUT2D eigenvalue weighted by atomic mass is 9.69. The summed E-state index contributed by atoms with van der Waals surface area (Å²) in [7, 11) is 0. The number of aliphatic carboxylic acids is 1. The Labute approximate surface area is 134 Å². The third-order valence-electron chi connectivity index (χ3n) is 3.93. The molecule has 0 atom stereocenters. The van der Waals surface area contributed by atoms with E-state index in [0.717, 1.165) is 16.5 Å². The predicted molar refractivity (Wildman–Crippen MR) is 79.9 cm³/mol. The molecule has 0 saturated heterocycles. The van der Waals surface area contributed by atoms with Crippen LogP contribution in [0, 0.1) is 5.41 Å². The Kier molecular flexibility index (Phi) is 3.71. The second kappa shape index (κ2) is 5.38. The van der Waals surface area contributed by atoms with E-state index in [9.17, 15) is 9.90 Å². The van der Waals surface area contributed by atoms with Crippen LogP contribution < -0.4 is 0 Å². The number of benzene rings is 1. The fourth-order valence-electron chi connectivity index (χ4n) is 2.48. The second-order valence-electron chi connectivity index (χ2n) is 5.23. The van der Waals surface area contributed by atoms with Crippen LogP contribution in [-0.4, -0.2) is 31.3 Å². The first kappa shape index (κ1) is 14.5. The van der Waals surface area contributed by atoms with Gasteiger partial charge in [-0.1, -0.05) is 18.0 Å². The molecule has 0 amide bonds. The van der Waals surface area contributed by atoms with E-state index in [-0.39, 0.29) is 6.54 Å². The number of carbonyl (C=O) groups is 1. The van der Waals surface area contributed by atoms with E-state index < -0.39 is 11.4 Å². The van der Waals surface area contributed by atoms with Gasteiger partial charge in [-0.25, -0.2) is 4.68 Å². The van der Waals surface area contributed by atoms with Gasteiger partial charge in [0.2, 0.25) is 0 Å². The van der Waals surface area contributed by atoms with Crippen LogP contribution in [-0.2, 0) is 11.3 Å². The highest BCUT2D eigenvalue weighted by Gasteiger charge is 2.45. The molecule has 3 rings (SSSR count). The molecule has 0 radical (unpaired) electrons. The molecule has 1 aliphatic rings. The second-order valence-corrected chi connectivity index (χ2v) is 6.49. The molecule has 21 heavy (non-hydrogen) atoms. The van der Waals surface area contributed by atoms with Gasteiger partial charge in [0.15, 0.2) is 5.82 Å². The first-order chi connectivity index (χ1) is 10.0. The van der Waals surface area contributed by atoms with E-state index in [1.165, 1.54) is 0 Å². The van der Waals surface area contributed by atoms with E-state index >= 15 is 0 Å². The van der Waals surface area contributed by atoms with Crippen LogP contribution in [0.25, 0.3) is 11.4 Å². The van der Waals surface area contributed by atoms with Crippen LogP contribution in [0.5, 0.6) is 0 Å². The van der Waals surface area contributed by atoms with Gasteiger partial charge in [0.05, 0.1) is 17.0 Å². The summed E-state index contributed by atoms with van der Waals surface area (Å²) in [6.07, 6.45) is 2.24. The Morgan fingerprint density at radius 3 is 2.81 bits per heavy atom. The zero-order valence-electron chi connectivity index (χ0n) is 11.0. The predicted octanol–water partition coefficient (Wildman–Crippen LogP) is 3.01. The fraction of sp³-hybridized carbons (Fsp3) is 0.385. The van der Waals surface area contributed by atoms with Crippen molar-refractivity contribution in [1.82, 2.24) is 20.2 Å². The van der Waals surface area contributed by atoms with Gasteiger partial charge in [-0.2, -0.15) is 0 Å². The summed E-state index contributed by atoms with van der Waals surface area (Å²) in [6, 6.07) is 5.37. The highest BCUT2D eigenvalue weighted by molar-refractivity contribution is 9.10. The minimum absolute atomic E-state index is 0.283. The molecule has 0 unspecified atom stereocenters. The smallest absolute Gasteiger partial charge is 0.311 e. The normalized spacial score (nSPS) is 16.5. The number of halogens is 2. The van der Waals surface area contributed by atoms with E-state index in [0.29, 0.717) is 23.7 Å². The highest BCUT2D eigenvalue weighted by Crippen LogP contribution is 2.43. The van der Waals surface area contributed by atoms with Crippen LogP contribution in [0.4, 0.5) is 0 Å². The van der Waals surface area contributed by atoms with Gasteiger partial charge in [-0.3, -0.25) is 4.79 Å². The molecule has 1 aromatic carbocycles. The molecule has 8 heteroatoms. The number of tetrazole rings is 1. The first-order valence-electron chi connectivity index (χ1n) is 6.47. The maximum Gasteiger partial charge on any atom is 0.311 e. The number of carboxylic acid groups (broad SMARTS) is 1. The standard InChI is InChI=1S/C13H12BrClN4O2/c14-9-6-8(2-3-10(9)15)11-16-17-18-19(11)7-13(12(20)21)4-1-5-13/h2-3,6H,1,4-5,7H2,(H,20,21). The largest absolute Gasteiger partial charge is 0.481 e. The molecular weight excluding hydrogens is 360 g/mol. The quantitative estimate of drug-likeness (QED) is 0.893. The van der Waals surface area contributed by atoms with Crippen molar-refractivity contribution in [3.63, 3.8) is 0 Å². The summed E-state index contributed by atoms with van der Waals surface area (Å²) < 4.78 is 2.30. The minimum Gasteiger partial charge on any atom is -0.481 e. The summed E-state index contributed by atoms with van der Waals surface area (Å²) >= 11 is 9.34. The lowest BCUT2D eigenvalue weighted by Crippen LogP contribution is -2.42. The Balaban J connectivity index is 1.94. The minimum atomic E-state index is -0.785. The zero-order chi connectivity index (χ0) is 15.0. The molecule has 1 saturated carbocycles. The van der Waals surface area contributed by atoms with Gasteiger partial charge in [0.1, 0.15) is 0 Å². The number of rotatable bonds is 4. The molecule has 1 fully saturated rings. The zero-order valence-corrected chi connectivity index (χ0v) is 13.3. The van der Waals surface area contributed by atoms with E-state index in [2.05, 4.69) is 31.5 Å². The molecule has 1 aromatic heterocycles. The van der Waals surface area contributed by atoms with Crippen molar-refractivity contribution in [3.8, 4) is 11.4 Å². The van der Waals surface area contributed by atoms with Gasteiger partial charge >= 0.3 is 5.97 Å². The van der Waals surface area contributed by atoms with Crippen LogP contribution in [0.2, 0.25) is 5.02 Å². The molecular formula is C13H12BrClN4O2. The Morgan fingerprint density at radius 2 is 2.24 bits per heavy atom. The summed E-state index contributed by atoms with van der Waals surface area (Å²) in [5, 5.41) is 21.6. The lowest BCUT2D eigenvalue weighted by molar-refractivity contribution is -0.156. The number of carboxylic acids is 1. The number of hydrogen-bond donors (Lipinski definition) is 1. The highest BCUT2D eigenvalue weighted by atomic mass is 79.9. The van der Waals surface area contributed by atoms with Crippen molar-refractivity contribution >= 4 is 33.5 Å². The van der Waals surface area contributed by atoms with Crippen molar-refractivity contribution in [2.75, 3.05) is 0 Å². The average Bonchev–Trinajstić information content (AvgIpc) is 2.84.